The topological polar surface area (TPSA) is 311 Å². The van der Waals surface area contributed by atoms with E-state index in [2.05, 4.69) is 62.8 Å². The molecular formula is C85H168N4O18P2-2. The van der Waals surface area contributed by atoms with Gasteiger partial charge in [0.15, 0.2) is 0 Å². The van der Waals surface area contributed by atoms with Crippen molar-refractivity contribution in [2.75, 3.05) is 65.9 Å². The molecule has 6 N–H and O–H groups in total. The number of nitrogens with one attached hydrogen (secondary N) is 4. The fourth-order valence-electron chi connectivity index (χ4n) is 13.4. The number of rotatable bonds is 88. The highest BCUT2D eigenvalue weighted by molar-refractivity contribution is 7.46. The van der Waals surface area contributed by atoms with E-state index in [-0.39, 0.29) is 63.7 Å². The third-order valence-electron chi connectivity index (χ3n) is 20.2. The second-order valence-corrected chi connectivity index (χ2v) is 33.8. The van der Waals surface area contributed by atoms with E-state index in [1.54, 1.807) is 0 Å². The molecule has 22 nitrogen and oxygen atoms in total. The lowest BCUT2D eigenvalue weighted by Crippen LogP contribution is -2.44. The van der Waals surface area contributed by atoms with Crippen molar-refractivity contribution in [2.24, 2.45) is 0 Å². The fourth-order valence-corrected chi connectivity index (χ4v) is 14.9. The van der Waals surface area contributed by atoms with Crippen molar-refractivity contribution >= 4 is 39.4 Å². The monoisotopic (exact) mass is 1600 g/mol. The summed E-state index contributed by atoms with van der Waals surface area (Å²) in [5.74, 6) is -1.90. The molecule has 2 amide bonds. The van der Waals surface area contributed by atoms with Crippen LogP contribution < -0.4 is 31.1 Å². The van der Waals surface area contributed by atoms with E-state index in [4.69, 9.17) is 37.0 Å². The van der Waals surface area contributed by atoms with Crippen molar-refractivity contribution in [1.82, 2.24) is 21.3 Å². The summed E-state index contributed by atoms with van der Waals surface area (Å²) in [6, 6.07) is -1.52. The smallest absolute Gasteiger partial charge is 0.306 e. The summed E-state index contributed by atoms with van der Waals surface area (Å²) in [5, 5.41) is 33.2. The lowest BCUT2D eigenvalue weighted by atomic mass is 10.0. The van der Waals surface area contributed by atoms with Crippen molar-refractivity contribution in [3.8, 4) is 0 Å². The van der Waals surface area contributed by atoms with Gasteiger partial charge in [-0.2, -0.15) is 0 Å². The van der Waals surface area contributed by atoms with E-state index in [0.29, 0.717) is 38.5 Å². The van der Waals surface area contributed by atoms with Crippen LogP contribution in [0.4, 0.5) is 0 Å². The number of ether oxygens (including phenoxy) is 4. The first-order chi connectivity index (χ1) is 52.9. The Morgan fingerprint density at radius 1 is 0.312 bits per heavy atom. The number of phosphoric ester groups is 2. The van der Waals surface area contributed by atoms with E-state index in [1.165, 1.54) is 167 Å². The van der Waals surface area contributed by atoms with E-state index in [9.17, 15) is 48.3 Å². The molecule has 0 aromatic carbocycles. The molecule has 109 heavy (non-hydrogen) atoms. The molecule has 6 unspecified atom stereocenters. The van der Waals surface area contributed by atoms with Crippen LogP contribution in [0.2, 0.25) is 0 Å². The standard InChI is InChI=1S/C85H170N4O18P2/c1-7-13-19-25-29-33-35-39-41-47-53-59-80(90)88-76(72-100-67-63-78(57-51-45-23-17-11-5)106-84(94)61-55-49-43-37-31-27-21-15-9-3)74-104-108(96,97)102-69-65-86-82(92)71-83(93)87-66-70-103-109(98,99)105-75-77(89-81(91)60-54-48-42-40-36-34-30-26-20-14-8-2)73-101-68-64-79(58-52-46-24-18-12-6)107-85(95)62-56-50-44-38-32-28-22-16-10-4/h76-81,88-91H,7-75H2,1-6H3,(H,86,92)(H,87,93)(H,96,97)(H,98,99)/p-2/t76-,77-,78?,79?,80?,81?/m1/s1. The number of aliphatic hydroxyl groups is 2. The highest BCUT2D eigenvalue weighted by Crippen LogP contribution is 2.39. The predicted molar refractivity (Wildman–Crippen MR) is 439 cm³/mol. The number of esters is 2. The largest absolute Gasteiger partial charge is 0.756 e. The molecule has 0 aromatic rings. The number of phosphoric acid groups is 2. The van der Waals surface area contributed by atoms with Crippen LogP contribution in [-0.4, -0.2) is 137 Å². The van der Waals surface area contributed by atoms with Gasteiger partial charge < -0.3 is 67.7 Å². The maximum atomic E-state index is 13.1. The predicted octanol–water partition coefficient (Wildman–Crippen LogP) is 19.8. The minimum atomic E-state index is -4.95. The fraction of sp³-hybridized carbons (Fsp3) is 0.953. The van der Waals surface area contributed by atoms with Crippen LogP contribution in [0.1, 0.15) is 420 Å². The second kappa shape index (κ2) is 79.7. The Hall–Kier alpha value is -2.14. The van der Waals surface area contributed by atoms with Crippen LogP contribution in [0.3, 0.4) is 0 Å². The number of amides is 2. The molecule has 0 aliphatic rings. The van der Waals surface area contributed by atoms with Crippen LogP contribution in [-0.2, 0) is 65.4 Å². The summed E-state index contributed by atoms with van der Waals surface area (Å²) in [5.41, 5.74) is 0. The molecule has 0 aliphatic heterocycles. The lowest BCUT2D eigenvalue weighted by molar-refractivity contribution is -0.227. The lowest BCUT2D eigenvalue weighted by Gasteiger charge is -2.28. The summed E-state index contributed by atoms with van der Waals surface area (Å²) in [7, 11) is -9.90. The average Bonchev–Trinajstić information content (AvgIpc) is 0.927. The normalized spacial score (nSPS) is 14.6. The first-order valence-electron chi connectivity index (χ1n) is 45.1. The van der Waals surface area contributed by atoms with Gasteiger partial charge in [0.25, 0.3) is 15.6 Å². The molecule has 0 aromatic heterocycles. The number of unbranched alkanes of at least 4 members (excludes halogenated alkanes) is 44. The summed E-state index contributed by atoms with van der Waals surface area (Å²) in [4.78, 5) is 77.7. The third-order valence-corrected chi connectivity index (χ3v) is 22.1. The molecule has 0 fully saturated rings. The molecule has 0 heterocycles. The van der Waals surface area contributed by atoms with Gasteiger partial charge in [-0.05, 0) is 64.2 Å². The zero-order valence-corrected chi connectivity index (χ0v) is 72.4. The zero-order valence-electron chi connectivity index (χ0n) is 70.6. The average molecular weight is 1600 g/mol. The Bertz CT molecular complexity index is 1990. The van der Waals surface area contributed by atoms with Crippen LogP contribution in [0.5, 0.6) is 0 Å². The third kappa shape index (κ3) is 76.9. The van der Waals surface area contributed by atoms with Crippen molar-refractivity contribution in [3.63, 3.8) is 0 Å². The summed E-state index contributed by atoms with van der Waals surface area (Å²) in [6.07, 6.45) is 57.9. The summed E-state index contributed by atoms with van der Waals surface area (Å²) >= 11 is 0. The molecular weight excluding hydrogens is 1430 g/mol. The Kier molecular flexibility index (Phi) is 78.1. The highest BCUT2D eigenvalue weighted by atomic mass is 31.2. The summed E-state index contributed by atoms with van der Waals surface area (Å²) in [6.45, 7) is 11.2. The quantitative estimate of drug-likeness (QED) is 0.0108. The van der Waals surface area contributed by atoms with Gasteiger partial charge in [0.05, 0.1) is 64.9 Å². The molecule has 648 valence electrons. The molecule has 0 aliphatic carbocycles. The Labute approximate surface area is 665 Å². The van der Waals surface area contributed by atoms with Gasteiger partial charge in [0, 0.05) is 38.8 Å². The molecule has 0 saturated carbocycles. The SMILES string of the molecule is CCCCCCCCCCCCCC(O)N[C@H](COCCC(CCCCCCC)OC(=O)CCCCCCCCCCC)COP(=O)([O-])OCCNC(=O)CC(=O)NCCOP(=O)([O-])OC[C@@H](COCCC(CCCCCCC)OC(=O)CCCCCCCCCCC)NC(O)CCCCCCCCCCCCC. The first-order valence-corrected chi connectivity index (χ1v) is 48.0. The van der Waals surface area contributed by atoms with Gasteiger partial charge in [-0.1, -0.05) is 324 Å². The molecule has 0 saturated heterocycles. The van der Waals surface area contributed by atoms with Crippen LogP contribution >= 0.6 is 15.6 Å². The van der Waals surface area contributed by atoms with Gasteiger partial charge >= 0.3 is 11.9 Å². The van der Waals surface area contributed by atoms with Gasteiger partial charge in [-0.3, -0.25) is 38.9 Å². The maximum absolute atomic E-state index is 13.1. The molecule has 0 spiro atoms. The molecule has 0 bridgehead atoms. The molecule has 24 heteroatoms. The Morgan fingerprint density at radius 2 is 0.560 bits per heavy atom. The van der Waals surface area contributed by atoms with Crippen LogP contribution in [0.25, 0.3) is 0 Å². The van der Waals surface area contributed by atoms with Gasteiger partial charge in [-0.25, -0.2) is 0 Å². The van der Waals surface area contributed by atoms with Crippen molar-refractivity contribution in [2.45, 2.75) is 457 Å². The minimum Gasteiger partial charge on any atom is -0.756 e. The van der Waals surface area contributed by atoms with E-state index in [0.717, 1.165) is 167 Å². The van der Waals surface area contributed by atoms with Crippen LogP contribution in [0, 0.1) is 0 Å². The number of carbonyl (C=O) groups excluding carboxylic acids is 4. The Morgan fingerprint density at radius 3 is 0.835 bits per heavy atom. The first kappa shape index (κ1) is 107. The number of carbonyl (C=O) groups is 4. The van der Waals surface area contributed by atoms with Crippen molar-refractivity contribution in [1.29, 1.82) is 0 Å². The van der Waals surface area contributed by atoms with Crippen molar-refractivity contribution in [3.05, 3.63) is 0 Å². The maximum Gasteiger partial charge on any atom is 0.306 e. The van der Waals surface area contributed by atoms with Crippen LogP contribution in [0.15, 0.2) is 0 Å². The minimum absolute atomic E-state index is 0.0123. The Balaban J connectivity index is 5.51. The van der Waals surface area contributed by atoms with Gasteiger partial charge in [0.1, 0.15) is 31.1 Å². The van der Waals surface area contributed by atoms with E-state index >= 15 is 0 Å². The number of hydrogen-bond donors (Lipinski definition) is 6. The zero-order chi connectivity index (χ0) is 80.0. The van der Waals surface area contributed by atoms with Gasteiger partial charge in [0.2, 0.25) is 11.8 Å². The van der Waals surface area contributed by atoms with E-state index < -0.39 is 84.8 Å². The second-order valence-electron chi connectivity index (χ2n) is 30.9. The molecule has 0 rings (SSSR count). The summed E-state index contributed by atoms with van der Waals surface area (Å²) < 4.78 is 71.0. The van der Waals surface area contributed by atoms with Gasteiger partial charge in [-0.15, -0.1) is 0 Å². The molecule has 8 atom stereocenters. The highest BCUT2D eigenvalue weighted by Gasteiger charge is 2.23. The van der Waals surface area contributed by atoms with E-state index in [1.807, 2.05) is 0 Å². The number of hydrogen-bond acceptors (Lipinski definition) is 20. The molecule has 0 radical (unpaired) electrons. The van der Waals surface area contributed by atoms with Crippen molar-refractivity contribution < 1.29 is 85.4 Å². The number of aliphatic hydroxyl groups excluding tert-OH is 2.